The molecule has 1 aliphatic rings. The first-order chi connectivity index (χ1) is 10.1. The van der Waals surface area contributed by atoms with Crippen molar-refractivity contribution < 1.29 is 19.4 Å². The summed E-state index contributed by atoms with van der Waals surface area (Å²) < 4.78 is 5.33. The number of amides is 2. The lowest BCUT2D eigenvalue weighted by molar-refractivity contribution is -0.123. The Bertz CT molecular complexity index is 518. The SMILES string of the molecule is NC(=O)c1ccccc1OCC(=O)NCC1CCCC1O. The van der Waals surface area contributed by atoms with Crippen molar-refractivity contribution >= 4 is 11.8 Å². The molecule has 1 aliphatic carbocycles. The third-order valence-corrected chi connectivity index (χ3v) is 3.69. The molecule has 2 amide bonds. The highest BCUT2D eigenvalue weighted by Crippen LogP contribution is 2.24. The molecule has 1 fully saturated rings. The van der Waals surface area contributed by atoms with Crippen molar-refractivity contribution in [2.24, 2.45) is 11.7 Å². The molecule has 0 aliphatic heterocycles. The summed E-state index contributed by atoms with van der Waals surface area (Å²) in [6.07, 6.45) is 2.38. The Morgan fingerprint density at radius 3 is 2.76 bits per heavy atom. The van der Waals surface area contributed by atoms with Crippen LogP contribution in [0.4, 0.5) is 0 Å². The highest BCUT2D eigenvalue weighted by atomic mass is 16.5. The number of hydrogen-bond acceptors (Lipinski definition) is 4. The zero-order valence-electron chi connectivity index (χ0n) is 11.7. The second-order valence-electron chi connectivity index (χ2n) is 5.21. The predicted octanol–water partition coefficient (Wildman–Crippen LogP) is 0.441. The number of hydrogen-bond donors (Lipinski definition) is 3. The Hall–Kier alpha value is -2.08. The quantitative estimate of drug-likeness (QED) is 0.708. The molecule has 0 spiro atoms. The fourth-order valence-electron chi connectivity index (χ4n) is 2.49. The first-order valence-electron chi connectivity index (χ1n) is 7.04. The second kappa shape index (κ2) is 7.08. The van der Waals surface area contributed by atoms with Gasteiger partial charge in [-0.1, -0.05) is 18.6 Å². The van der Waals surface area contributed by atoms with Crippen LogP contribution in [-0.2, 0) is 4.79 Å². The molecular weight excluding hydrogens is 272 g/mol. The monoisotopic (exact) mass is 292 g/mol. The molecule has 0 radical (unpaired) electrons. The van der Waals surface area contributed by atoms with Gasteiger partial charge in [-0.3, -0.25) is 9.59 Å². The Morgan fingerprint density at radius 2 is 2.10 bits per heavy atom. The molecule has 4 N–H and O–H groups in total. The predicted molar refractivity (Wildman–Crippen MR) is 76.8 cm³/mol. The van der Waals surface area contributed by atoms with Crippen LogP contribution >= 0.6 is 0 Å². The minimum Gasteiger partial charge on any atom is -0.483 e. The zero-order chi connectivity index (χ0) is 15.2. The Labute approximate surface area is 123 Å². The molecule has 0 aromatic heterocycles. The summed E-state index contributed by atoms with van der Waals surface area (Å²) in [6.45, 7) is 0.258. The Balaban J connectivity index is 1.80. The van der Waals surface area contributed by atoms with E-state index in [1.54, 1.807) is 24.3 Å². The van der Waals surface area contributed by atoms with E-state index in [0.717, 1.165) is 19.3 Å². The summed E-state index contributed by atoms with van der Waals surface area (Å²) in [7, 11) is 0. The van der Waals surface area contributed by atoms with Crippen molar-refractivity contribution in [2.45, 2.75) is 25.4 Å². The van der Waals surface area contributed by atoms with Gasteiger partial charge in [-0.2, -0.15) is 0 Å². The molecule has 114 valence electrons. The molecule has 0 saturated heterocycles. The number of nitrogens with one attached hydrogen (secondary N) is 1. The number of aliphatic hydroxyl groups excluding tert-OH is 1. The number of carbonyl (C=O) groups is 2. The molecule has 6 nitrogen and oxygen atoms in total. The summed E-state index contributed by atoms with van der Waals surface area (Å²) in [5.74, 6) is -0.471. The topological polar surface area (TPSA) is 102 Å². The maximum absolute atomic E-state index is 11.7. The van der Waals surface area contributed by atoms with E-state index in [9.17, 15) is 14.7 Å². The standard InChI is InChI=1S/C15H20N2O4/c16-15(20)11-5-1-2-7-13(11)21-9-14(19)17-8-10-4-3-6-12(10)18/h1-2,5,7,10,12,18H,3-4,6,8-9H2,(H2,16,20)(H,17,19). The number of nitrogens with two attached hydrogens (primary N) is 1. The molecule has 2 atom stereocenters. The summed E-state index contributed by atoms with van der Waals surface area (Å²) in [5.41, 5.74) is 5.48. The van der Waals surface area contributed by atoms with Crippen molar-refractivity contribution in [3.63, 3.8) is 0 Å². The van der Waals surface area contributed by atoms with Crippen LogP contribution in [0.15, 0.2) is 24.3 Å². The summed E-state index contributed by atoms with van der Waals surface area (Å²) >= 11 is 0. The maximum atomic E-state index is 11.7. The van der Waals surface area contributed by atoms with E-state index in [4.69, 9.17) is 10.5 Å². The lowest BCUT2D eigenvalue weighted by Crippen LogP contribution is -2.35. The van der Waals surface area contributed by atoms with Gasteiger partial charge in [0.1, 0.15) is 5.75 Å². The van der Waals surface area contributed by atoms with Crippen LogP contribution in [0.25, 0.3) is 0 Å². The van der Waals surface area contributed by atoms with Gasteiger partial charge in [0.05, 0.1) is 11.7 Å². The van der Waals surface area contributed by atoms with Crippen molar-refractivity contribution in [3.8, 4) is 5.75 Å². The lowest BCUT2D eigenvalue weighted by Gasteiger charge is -2.15. The number of ether oxygens (including phenoxy) is 1. The van der Waals surface area contributed by atoms with E-state index < -0.39 is 5.91 Å². The van der Waals surface area contributed by atoms with E-state index in [2.05, 4.69) is 5.32 Å². The average Bonchev–Trinajstić information content (AvgIpc) is 2.88. The first-order valence-corrected chi connectivity index (χ1v) is 7.04. The van der Waals surface area contributed by atoms with Gasteiger partial charge >= 0.3 is 0 Å². The second-order valence-corrected chi connectivity index (χ2v) is 5.21. The molecule has 0 heterocycles. The van der Waals surface area contributed by atoms with Crippen LogP contribution in [0.3, 0.4) is 0 Å². The van der Waals surface area contributed by atoms with Crippen LogP contribution in [0, 0.1) is 5.92 Å². The molecule has 0 bridgehead atoms. The summed E-state index contributed by atoms with van der Waals surface area (Å²) in [6, 6.07) is 6.52. The van der Waals surface area contributed by atoms with E-state index >= 15 is 0 Å². The Morgan fingerprint density at radius 1 is 1.33 bits per heavy atom. The number of primary amides is 1. The molecule has 6 heteroatoms. The van der Waals surface area contributed by atoms with Gasteiger partial charge in [0, 0.05) is 12.5 Å². The highest BCUT2D eigenvalue weighted by molar-refractivity contribution is 5.95. The smallest absolute Gasteiger partial charge is 0.257 e. The van der Waals surface area contributed by atoms with E-state index in [1.165, 1.54) is 0 Å². The van der Waals surface area contributed by atoms with E-state index in [-0.39, 0.29) is 30.1 Å². The zero-order valence-corrected chi connectivity index (χ0v) is 11.7. The van der Waals surface area contributed by atoms with Crippen molar-refractivity contribution in [3.05, 3.63) is 29.8 Å². The average molecular weight is 292 g/mol. The van der Waals surface area contributed by atoms with Gasteiger partial charge in [-0.05, 0) is 25.0 Å². The Kier molecular flexibility index (Phi) is 5.16. The van der Waals surface area contributed by atoms with Gasteiger partial charge in [-0.15, -0.1) is 0 Å². The summed E-state index contributed by atoms with van der Waals surface area (Å²) in [4.78, 5) is 22.9. The van der Waals surface area contributed by atoms with Crippen LogP contribution in [0.1, 0.15) is 29.6 Å². The molecule has 1 aromatic rings. The van der Waals surface area contributed by atoms with E-state index in [0.29, 0.717) is 12.3 Å². The summed E-state index contributed by atoms with van der Waals surface area (Å²) in [5, 5.41) is 12.4. The molecule has 2 unspecified atom stereocenters. The number of rotatable bonds is 6. The third-order valence-electron chi connectivity index (χ3n) is 3.69. The van der Waals surface area contributed by atoms with Crippen LogP contribution in [0.5, 0.6) is 5.75 Å². The maximum Gasteiger partial charge on any atom is 0.257 e. The van der Waals surface area contributed by atoms with Crippen molar-refractivity contribution in [1.82, 2.24) is 5.32 Å². The van der Waals surface area contributed by atoms with Gasteiger partial charge < -0.3 is 20.9 Å². The number of carbonyl (C=O) groups excluding carboxylic acids is 2. The van der Waals surface area contributed by atoms with Gasteiger partial charge in [0.15, 0.2) is 6.61 Å². The normalized spacial score (nSPS) is 21.0. The van der Waals surface area contributed by atoms with Crippen molar-refractivity contribution in [2.75, 3.05) is 13.2 Å². The molecule has 1 aromatic carbocycles. The number of aliphatic hydroxyl groups is 1. The van der Waals surface area contributed by atoms with Gasteiger partial charge in [-0.25, -0.2) is 0 Å². The fraction of sp³-hybridized carbons (Fsp3) is 0.467. The highest BCUT2D eigenvalue weighted by Gasteiger charge is 2.25. The van der Waals surface area contributed by atoms with Crippen molar-refractivity contribution in [1.29, 1.82) is 0 Å². The largest absolute Gasteiger partial charge is 0.483 e. The van der Waals surface area contributed by atoms with Crippen LogP contribution in [0.2, 0.25) is 0 Å². The minimum absolute atomic E-state index is 0.117. The first kappa shape index (κ1) is 15.3. The third kappa shape index (κ3) is 4.19. The molecule has 21 heavy (non-hydrogen) atoms. The molecular formula is C15H20N2O4. The van der Waals surface area contributed by atoms with Gasteiger partial charge in [0.25, 0.3) is 11.8 Å². The van der Waals surface area contributed by atoms with Crippen LogP contribution < -0.4 is 15.8 Å². The lowest BCUT2D eigenvalue weighted by atomic mass is 10.1. The minimum atomic E-state index is -0.597. The fourth-order valence-corrected chi connectivity index (χ4v) is 2.49. The number of benzene rings is 1. The molecule has 1 saturated carbocycles. The van der Waals surface area contributed by atoms with Gasteiger partial charge in [0.2, 0.25) is 0 Å². The van der Waals surface area contributed by atoms with Crippen LogP contribution in [-0.4, -0.2) is 36.2 Å². The number of para-hydroxylation sites is 1. The molecule has 2 rings (SSSR count). The van der Waals surface area contributed by atoms with E-state index in [1.807, 2.05) is 0 Å².